The molecule has 0 saturated carbocycles. The van der Waals surface area contributed by atoms with Crippen LogP contribution in [0.15, 0.2) is 30.6 Å². The number of aliphatic hydroxyl groups excluding tert-OH is 1. The predicted molar refractivity (Wildman–Crippen MR) is 100 cm³/mol. The number of carbonyl (C=O) groups is 1. The molecule has 1 aromatic heterocycles. The molecule has 6 heteroatoms. The SMILES string of the molecule is CCCCN(CCCO)C(=O)Nc1cc(C)ccc1-n1cc(C)cn1. The molecule has 0 aliphatic rings. The number of benzene rings is 1. The van der Waals surface area contributed by atoms with Gasteiger partial charge in [-0.05, 0) is 49.9 Å². The van der Waals surface area contributed by atoms with Crippen molar-refractivity contribution in [2.75, 3.05) is 25.0 Å². The summed E-state index contributed by atoms with van der Waals surface area (Å²) >= 11 is 0. The lowest BCUT2D eigenvalue weighted by Gasteiger charge is -2.23. The summed E-state index contributed by atoms with van der Waals surface area (Å²) in [5, 5.41) is 16.4. The van der Waals surface area contributed by atoms with Gasteiger partial charge < -0.3 is 15.3 Å². The van der Waals surface area contributed by atoms with Gasteiger partial charge in [-0.15, -0.1) is 0 Å². The van der Waals surface area contributed by atoms with Gasteiger partial charge in [-0.2, -0.15) is 5.10 Å². The summed E-state index contributed by atoms with van der Waals surface area (Å²) in [5.74, 6) is 0. The second kappa shape index (κ2) is 9.22. The molecule has 25 heavy (non-hydrogen) atoms. The highest BCUT2D eigenvalue weighted by Crippen LogP contribution is 2.22. The quantitative estimate of drug-likeness (QED) is 0.770. The molecule has 2 aromatic rings. The van der Waals surface area contributed by atoms with E-state index in [2.05, 4.69) is 17.3 Å². The Morgan fingerprint density at radius 2 is 2.00 bits per heavy atom. The number of aliphatic hydroxyl groups is 1. The molecule has 0 fully saturated rings. The molecular formula is C19H28N4O2. The van der Waals surface area contributed by atoms with E-state index in [0.29, 0.717) is 19.5 Å². The summed E-state index contributed by atoms with van der Waals surface area (Å²) in [5.41, 5.74) is 3.70. The van der Waals surface area contributed by atoms with E-state index in [1.54, 1.807) is 15.8 Å². The first kappa shape index (κ1) is 19.0. The minimum absolute atomic E-state index is 0.0815. The van der Waals surface area contributed by atoms with E-state index in [0.717, 1.165) is 35.3 Å². The van der Waals surface area contributed by atoms with Crippen LogP contribution in [-0.2, 0) is 0 Å². The molecule has 2 amide bonds. The van der Waals surface area contributed by atoms with E-state index >= 15 is 0 Å². The van der Waals surface area contributed by atoms with Crippen molar-refractivity contribution in [2.45, 2.75) is 40.0 Å². The predicted octanol–water partition coefficient (Wildman–Crippen LogP) is 3.51. The standard InChI is InChI=1S/C19H28N4O2/c1-4-5-9-22(10-6-11-24)19(25)21-17-12-15(2)7-8-18(17)23-14-16(3)13-20-23/h7-8,12-14,24H,4-6,9-11H2,1-3H3,(H,21,25). The van der Waals surface area contributed by atoms with Crippen molar-refractivity contribution >= 4 is 11.7 Å². The molecule has 2 N–H and O–H groups in total. The molecule has 1 aromatic carbocycles. The molecule has 1 heterocycles. The molecule has 2 rings (SSSR count). The van der Waals surface area contributed by atoms with Crippen molar-refractivity contribution in [2.24, 2.45) is 0 Å². The van der Waals surface area contributed by atoms with Gasteiger partial charge in [0.1, 0.15) is 0 Å². The van der Waals surface area contributed by atoms with E-state index in [1.165, 1.54) is 0 Å². The van der Waals surface area contributed by atoms with Gasteiger partial charge in [-0.1, -0.05) is 19.4 Å². The molecular weight excluding hydrogens is 316 g/mol. The van der Waals surface area contributed by atoms with Crippen LogP contribution in [0, 0.1) is 13.8 Å². The number of unbranched alkanes of at least 4 members (excludes halogenated alkanes) is 1. The van der Waals surface area contributed by atoms with Gasteiger partial charge in [0.15, 0.2) is 0 Å². The lowest BCUT2D eigenvalue weighted by molar-refractivity contribution is 0.201. The first-order valence-electron chi connectivity index (χ1n) is 8.84. The number of hydrogen-bond acceptors (Lipinski definition) is 3. The van der Waals surface area contributed by atoms with Crippen LogP contribution in [0.3, 0.4) is 0 Å². The number of anilines is 1. The van der Waals surface area contributed by atoms with Crippen molar-refractivity contribution in [3.8, 4) is 5.69 Å². The molecule has 6 nitrogen and oxygen atoms in total. The van der Waals surface area contributed by atoms with E-state index in [9.17, 15) is 4.79 Å². The van der Waals surface area contributed by atoms with Crippen LogP contribution in [0.1, 0.15) is 37.3 Å². The molecule has 0 aliphatic carbocycles. The molecule has 0 bridgehead atoms. The Labute approximate surface area is 149 Å². The maximum absolute atomic E-state index is 12.7. The molecule has 0 unspecified atom stereocenters. The molecule has 0 aliphatic heterocycles. The van der Waals surface area contributed by atoms with Crippen molar-refractivity contribution in [3.63, 3.8) is 0 Å². The summed E-state index contributed by atoms with van der Waals surface area (Å²) < 4.78 is 1.77. The van der Waals surface area contributed by atoms with Crippen LogP contribution in [-0.4, -0.2) is 45.5 Å². The van der Waals surface area contributed by atoms with E-state index in [4.69, 9.17) is 5.11 Å². The Hall–Kier alpha value is -2.34. The number of amides is 2. The van der Waals surface area contributed by atoms with Gasteiger partial charge in [-0.3, -0.25) is 0 Å². The van der Waals surface area contributed by atoms with Crippen molar-refractivity contribution in [3.05, 3.63) is 41.7 Å². The lowest BCUT2D eigenvalue weighted by Crippen LogP contribution is -2.37. The average Bonchev–Trinajstić information content (AvgIpc) is 3.01. The maximum Gasteiger partial charge on any atom is 0.321 e. The Bertz CT molecular complexity index is 688. The summed E-state index contributed by atoms with van der Waals surface area (Å²) in [6.07, 6.45) is 6.26. The number of urea groups is 1. The molecule has 136 valence electrons. The van der Waals surface area contributed by atoms with E-state index < -0.39 is 0 Å². The summed E-state index contributed by atoms with van der Waals surface area (Å²) in [7, 11) is 0. The van der Waals surface area contributed by atoms with Crippen LogP contribution in [0.25, 0.3) is 5.69 Å². The lowest BCUT2D eigenvalue weighted by atomic mass is 10.2. The van der Waals surface area contributed by atoms with Crippen LogP contribution >= 0.6 is 0 Å². The Balaban J connectivity index is 2.21. The Morgan fingerprint density at radius 3 is 2.64 bits per heavy atom. The molecule has 0 radical (unpaired) electrons. The fraction of sp³-hybridized carbons (Fsp3) is 0.474. The van der Waals surface area contributed by atoms with Crippen molar-refractivity contribution in [1.29, 1.82) is 0 Å². The second-order valence-corrected chi connectivity index (χ2v) is 6.33. The van der Waals surface area contributed by atoms with Gasteiger partial charge in [0.25, 0.3) is 0 Å². The van der Waals surface area contributed by atoms with Crippen LogP contribution in [0.5, 0.6) is 0 Å². The zero-order valence-corrected chi connectivity index (χ0v) is 15.3. The topological polar surface area (TPSA) is 70.4 Å². The summed E-state index contributed by atoms with van der Waals surface area (Å²) in [6.45, 7) is 7.39. The number of rotatable bonds is 8. The minimum atomic E-state index is -0.141. The van der Waals surface area contributed by atoms with Gasteiger partial charge in [0, 0.05) is 25.9 Å². The van der Waals surface area contributed by atoms with Crippen LogP contribution < -0.4 is 5.32 Å². The van der Waals surface area contributed by atoms with E-state index in [-0.39, 0.29) is 12.6 Å². The molecule has 0 spiro atoms. The van der Waals surface area contributed by atoms with Gasteiger partial charge in [0.05, 0.1) is 17.6 Å². The largest absolute Gasteiger partial charge is 0.396 e. The van der Waals surface area contributed by atoms with Crippen molar-refractivity contribution in [1.82, 2.24) is 14.7 Å². The Kier molecular flexibility index (Phi) is 7.01. The van der Waals surface area contributed by atoms with E-state index in [1.807, 2.05) is 38.2 Å². The van der Waals surface area contributed by atoms with Gasteiger partial charge in [-0.25, -0.2) is 9.48 Å². The smallest absolute Gasteiger partial charge is 0.321 e. The average molecular weight is 344 g/mol. The highest BCUT2D eigenvalue weighted by Gasteiger charge is 2.15. The van der Waals surface area contributed by atoms with Crippen LogP contribution in [0.4, 0.5) is 10.5 Å². The number of hydrogen-bond donors (Lipinski definition) is 2. The highest BCUT2D eigenvalue weighted by atomic mass is 16.3. The zero-order valence-electron chi connectivity index (χ0n) is 15.3. The fourth-order valence-corrected chi connectivity index (χ4v) is 2.61. The first-order chi connectivity index (χ1) is 12.0. The highest BCUT2D eigenvalue weighted by molar-refractivity contribution is 5.91. The van der Waals surface area contributed by atoms with Gasteiger partial charge in [0.2, 0.25) is 0 Å². The maximum atomic E-state index is 12.7. The third kappa shape index (κ3) is 5.32. The fourth-order valence-electron chi connectivity index (χ4n) is 2.61. The normalized spacial score (nSPS) is 10.7. The number of aryl methyl sites for hydroxylation is 2. The number of nitrogens with zero attached hydrogens (tertiary/aromatic N) is 3. The van der Waals surface area contributed by atoms with Crippen molar-refractivity contribution < 1.29 is 9.90 Å². The third-order valence-corrected chi connectivity index (χ3v) is 4.01. The van der Waals surface area contributed by atoms with Gasteiger partial charge >= 0.3 is 6.03 Å². The number of aromatic nitrogens is 2. The third-order valence-electron chi connectivity index (χ3n) is 4.01. The number of carbonyl (C=O) groups excluding carboxylic acids is 1. The first-order valence-corrected chi connectivity index (χ1v) is 8.84. The van der Waals surface area contributed by atoms with Crippen LogP contribution in [0.2, 0.25) is 0 Å². The summed E-state index contributed by atoms with van der Waals surface area (Å²) in [4.78, 5) is 14.5. The molecule has 0 atom stereocenters. The molecule has 0 saturated heterocycles. The zero-order chi connectivity index (χ0) is 18.2. The second-order valence-electron chi connectivity index (χ2n) is 6.33. The number of nitrogens with one attached hydrogen (secondary N) is 1. The minimum Gasteiger partial charge on any atom is -0.396 e. The Morgan fingerprint density at radius 1 is 1.24 bits per heavy atom. The monoisotopic (exact) mass is 344 g/mol. The summed E-state index contributed by atoms with van der Waals surface area (Å²) in [6, 6.07) is 5.77.